The molecule has 4 rings (SSSR count). The third kappa shape index (κ3) is 5.86. The van der Waals surface area contributed by atoms with Gasteiger partial charge in [0.1, 0.15) is 5.60 Å². The molecular weight excluding hydrogens is 479 g/mol. The summed E-state index contributed by atoms with van der Waals surface area (Å²) in [7, 11) is -0.413. The zero-order chi connectivity index (χ0) is 28.0. The summed E-state index contributed by atoms with van der Waals surface area (Å²) in [5.74, 6) is 0. The first-order valence-electron chi connectivity index (χ1n) is 14.3. The molecule has 0 saturated carbocycles. The Bertz CT molecular complexity index is 1020. The number of anilines is 1. The normalized spacial score (nSPS) is 22.2. The molecule has 3 aliphatic rings. The third-order valence-electron chi connectivity index (χ3n) is 8.75. The predicted octanol–water partition coefficient (Wildman–Crippen LogP) is 3.37. The van der Waals surface area contributed by atoms with Crippen LogP contribution in [-0.4, -0.2) is 92.2 Å². The van der Waals surface area contributed by atoms with Crippen molar-refractivity contribution in [1.29, 1.82) is 0 Å². The van der Waals surface area contributed by atoms with E-state index in [0.717, 1.165) is 51.3 Å². The van der Waals surface area contributed by atoms with Crippen LogP contribution in [0.1, 0.15) is 70.7 Å². The molecule has 212 valence electrons. The molecular formula is C29H49BN4O4. The molecule has 9 heteroatoms. The Morgan fingerprint density at radius 3 is 1.97 bits per heavy atom. The molecule has 3 aliphatic heterocycles. The second kappa shape index (κ2) is 10.6. The Balaban J connectivity index is 1.68. The van der Waals surface area contributed by atoms with E-state index < -0.39 is 23.9 Å². The summed E-state index contributed by atoms with van der Waals surface area (Å²) < 4.78 is 18.8. The molecule has 1 aromatic rings. The number of rotatable bonds is 4. The number of benzene rings is 1. The van der Waals surface area contributed by atoms with E-state index in [9.17, 15) is 4.79 Å². The van der Waals surface area contributed by atoms with Crippen molar-refractivity contribution in [3.8, 4) is 0 Å². The number of nitrogens with one attached hydrogen (secondary N) is 1. The van der Waals surface area contributed by atoms with Crippen molar-refractivity contribution in [3.05, 3.63) is 22.3 Å². The van der Waals surface area contributed by atoms with Crippen molar-refractivity contribution in [2.75, 3.05) is 57.3 Å². The number of amides is 1. The van der Waals surface area contributed by atoms with E-state index in [4.69, 9.17) is 14.0 Å². The van der Waals surface area contributed by atoms with Crippen LogP contribution in [0.15, 0.2) is 0 Å². The average Bonchev–Trinajstić information content (AvgIpc) is 3.03. The molecule has 0 aromatic heterocycles. The van der Waals surface area contributed by atoms with Crippen LogP contribution in [0.25, 0.3) is 0 Å². The van der Waals surface area contributed by atoms with Gasteiger partial charge in [0.15, 0.2) is 0 Å². The van der Waals surface area contributed by atoms with Crippen LogP contribution in [0.2, 0.25) is 0 Å². The monoisotopic (exact) mass is 528 g/mol. The van der Waals surface area contributed by atoms with Crippen molar-refractivity contribution in [1.82, 2.24) is 15.1 Å². The van der Waals surface area contributed by atoms with Gasteiger partial charge >= 0.3 is 13.2 Å². The van der Waals surface area contributed by atoms with E-state index >= 15 is 0 Å². The highest BCUT2D eigenvalue weighted by Crippen LogP contribution is 2.39. The van der Waals surface area contributed by atoms with Gasteiger partial charge in [-0.1, -0.05) is 0 Å². The maximum Gasteiger partial charge on any atom is 0.495 e. The number of carbonyl (C=O) groups is 1. The van der Waals surface area contributed by atoms with Gasteiger partial charge in [0, 0.05) is 64.6 Å². The molecule has 1 aromatic carbocycles. The highest BCUT2D eigenvalue weighted by atomic mass is 16.7. The number of piperazine rings is 2. The van der Waals surface area contributed by atoms with Crippen LogP contribution >= 0.6 is 0 Å². The molecule has 0 atom stereocenters. The number of carbonyl (C=O) groups excluding carboxylic acids is 1. The highest BCUT2D eigenvalue weighted by Gasteiger charge is 2.53. The lowest BCUT2D eigenvalue weighted by Gasteiger charge is -2.39. The third-order valence-corrected chi connectivity index (χ3v) is 8.75. The molecule has 0 spiro atoms. The van der Waals surface area contributed by atoms with E-state index in [-0.39, 0.29) is 6.09 Å². The highest BCUT2D eigenvalue weighted by molar-refractivity contribution is 6.63. The quantitative estimate of drug-likeness (QED) is 0.602. The van der Waals surface area contributed by atoms with Gasteiger partial charge in [-0.25, -0.2) is 4.79 Å². The Kier molecular flexibility index (Phi) is 8.17. The largest absolute Gasteiger partial charge is 0.495 e. The molecule has 0 radical (unpaired) electrons. The molecule has 3 heterocycles. The summed E-state index contributed by atoms with van der Waals surface area (Å²) in [5.41, 5.74) is 6.30. The lowest BCUT2D eigenvalue weighted by atomic mass is 9.70. The second-order valence-corrected chi connectivity index (χ2v) is 13.2. The first kappa shape index (κ1) is 29.2. The summed E-state index contributed by atoms with van der Waals surface area (Å²) in [6.07, 6.45) is -0.230. The fourth-order valence-electron chi connectivity index (χ4n) is 5.83. The SMILES string of the molecule is Cc1c(CN2CCNCC2)c(C)c(N2CCN(C(=O)OC(C)(C)C)CC2)c(C)c1B1OC(C)(C)C(C)(C)O1. The summed E-state index contributed by atoms with van der Waals surface area (Å²) in [6.45, 7) is 28.8. The van der Waals surface area contributed by atoms with Crippen LogP contribution < -0.4 is 15.7 Å². The Morgan fingerprint density at radius 1 is 0.895 bits per heavy atom. The molecule has 1 amide bonds. The average molecular weight is 529 g/mol. The molecule has 3 saturated heterocycles. The molecule has 0 unspecified atom stereocenters. The van der Waals surface area contributed by atoms with Crippen molar-refractivity contribution in [2.45, 2.75) is 92.6 Å². The van der Waals surface area contributed by atoms with Crippen molar-refractivity contribution < 1.29 is 18.8 Å². The van der Waals surface area contributed by atoms with Gasteiger partial charge in [0.05, 0.1) is 11.2 Å². The molecule has 1 N–H and O–H groups in total. The second-order valence-electron chi connectivity index (χ2n) is 13.2. The number of nitrogens with zero attached hydrogens (tertiary/aromatic N) is 3. The molecule has 0 aliphatic carbocycles. The zero-order valence-corrected chi connectivity index (χ0v) is 25.4. The number of hydrogen-bond donors (Lipinski definition) is 1. The van der Waals surface area contributed by atoms with Crippen LogP contribution in [0.4, 0.5) is 10.5 Å². The Morgan fingerprint density at radius 2 is 1.45 bits per heavy atom. The van der Waals surface area contributed by atoms with E-state index in [1.54, 1.807) is 0 Å². The summed E-state index contributed by atoms with van der Waals surface area (Å²) in [4.78, 5) is 19.5. The molecule has 38 heavy (non-hydrogen) atoms. The van der Waals surface area contributed by atoms with Gasteiger partial charge in [-0.15, -0.1) is 0 Å². The predicted molar refractivity (Wildman–Crippen MR) is 155 cm³/mol. The van der Waals surface area contributed by atoms with Gasteiger partial charge in [0.2, 0.25) is 0 Å². The lowest BCUT2D eigenvalue weighted by Crippen LogP contribution is -2.51. The van der Waals surface area contributed by atoms with Crippen LogP contribution in [0, 0.1) is 20.8 Å². The van der Waals surface area contributed by atoms with Gasteiger partial charge in [-0.2, -0.15) is 0 Å². The van der Waals surface area contributed by atoms with E-state index in [1.807, 2.05) is 25.7 Å². The first-order valence-corrected chi connectivity index (χ1v) is 14.3. The molecule has 3 fully saturated rings. The first-order chi connectivity index (χ1) is 17.6. The topological polar surface area (TPSA) is 66.5 Å². The number of ether oxygens (including phenoxy) is 1. The van der Waals surface area contributed by atoms with Crippen LogP contribution in [0.5, 0.6) is 0 Å². The van der Waals surface area contributed by atoms with E-state index in [2.05, 4.69) is 63.6 Å². The number of hydrogen-bond acceptors (Lipinski definition) is 7. The standard InChI is InChI=1S/C29H49BN4O4/c1-20-23(19-32-13-11-31-12-14-32)21(2)25(22(3)24(20)30-37-28(7,8)29(9,10)38-30)33-15-17-34(18-16-33)26(35)36-27(4,5)6/h31H,11-19H2,1-10H3. The van der Waals surface area contributed by atoms with E-state index in [0.29, 0.717) is 13.1 Å². The van der Waals surface area contributed by atoms with Gasteiger partial charge in [0.25, 0.3) is 0 Å². The van der Waals surface area contributed by atoms with Gasteiger partial charge in [-0.3, -0.25) is 4.90 Å². The lowest BCUT2D eigenvalue weighted by molar-refractivity contribution is 0.00578. The minimum absolute atomic E-state index is 0.230. The Labute approximate surface area is 230 Å². The summed E-state index contributed by atoms with van der Waals surface area (Å²) >= 11 is 0. The molecule has 0 bridgehead atoms. The van der Waals surface area contributed by atoms with E-state index in [1.165, 1.54) is 27.9 Å². The summed E-state index contributed by atoms with van der Waals surface area (Å²) in [6, 6.07) is 0. The maximum atomic E-state index is 12.7. The molecule has 8 nitrogen and oxygen atoms in total. The van der Waals surface area contributed by atoms with Crippen LogP contribution in [0.3, 0.4) is 0 Å². The minimum Gasteiger partial charge on any atom is -0.444 e. The van der Waals surface area contributed by atoms with Crippen molar-refractivity contribution in [3.63, 3.8) is 0 Å². The van der Waals surface area contributed by atoms with Gasteiger partial charge in [-0.05, 0) is 97.0 Å². The van der Waals surface area contributed by atoms with Crippen molar-refractivity contribution >= 4 is 24.4 Å². The summed E-state index contributed by atoms with van der Waals surface area (Å²) in [5, 5.41) is 3.47. The van der Waals surface area contributed by atoms with Gasteiger partial charge < -0.3 is 29.2 Å². The minimum atomic E-state index is -0.491. The maximum absolute atomic E-state index is 12.7. The van der Waals surface area contributed by atoms with Crippen molar-refractivity contribution in [2.24, 2.45) is 0 Å². The smallest absolute Gasteiger partial charge is 0.444 e. The van der Waals surface area contributed by atoms with Crippen LogP contribution in [-0.2, 0) is 20.6 Å². The fourth-order valence-corrected chi connectivity index (χ4v) is 5.83. The fraction of sp³-hybridized carbons (Fsp3) is 0.759. The zero-order valence-electron chi connectivity index (χ0n) is 25.4. The Hall–Kier alpha value is -1.81.